The molecule has 3 atom stereocenters. The van der Waals surface area contributed by atoms with Gasteiger partial charge < -0.3 is 0 Å². The quantitative estimate of drug-likeness (QED) is 0.498. The molecule has 0 amide bonds. The van der Waals surface area contributed by atoms with Gasteiger partial charge in [0.15, 0.2) is 0 Å². The summed E-state index contributed by atoms with van der Waals surface area (Å²) in [5, 5.41) is 0. The molecule has 0 N–H and O–H groups in total. The predicted molar refractivity (Wildman–Crippen MR) is 46.2 cm³/mol. The maximum absolute atomic E-state index is 2.48. The Hall–Kier alpha value is 0. The average molecular weight is 150 g/mol. The van der Waals surface area contributed by atoms with Crippen molar-refractivity contribution in [2.75, 3.05) is 0 Å². The summed E-state index contributed by atoms with van der Waals surface area (Å²) in [4.78, 5) is 0. The molecule has 3 unspecified atom stereocenters. The molecule has 4 rings (SSSR count). The van der Waals surface area contributed by atoms with Crippen LogP contribution in [0.15, 0.2) is 0 Å². The first-order valence-electron chi connectivity index (χ1n) is 5.22. The molecule has 0 nitrogen and oxygen atoms in total. The zero-order valence-electron chi connectivity index (χ0n) is 7.64. The van der Waals surface area contributed by atoms with Gasteiger partial charge in [-0.3, -0.25) is 0 Å². The Morgan fingerprint density at radius 2 is 1.73 bits per heavy atom. The van der Waals surface area contributed by atoms with Crippen LogP contribution in [-0.2, 0) is 0 Å². The summed E-state index contributed by atoms with van der Waals surface area (Å²) in [6.07, 6.45) is 6.31. The second kappa shape index (κ2) is 1.67. The lowest BCUT2D eigenvalue weighted by atomic mass is 9.53. The topological polar surface area (TPSA) is 0 Å². The molecular weight excluding hydrogens is 132 g/mol. The van der Waals surface area contributed by atoms with E-state index in [-0.39, 0.29) is 0 Å². The van der Waals surface area contributed by atoms with E-state index in [9.17, 15) is 0 Å². The highest BCUT2D eigenvalue weighted by molar-refractivity contribution is 5.12. The average Bonchev–Trinajstić information content (AvgIpc) is 2.35. The Bertz CT molecular complexity index is 190. The molecule has 0 aromatic rings. The molecule has 2 bridgehead atoms. The summed E-state index contributed by atoms with van der Waals surface area (Å²) in [5.74, 6) is 4.44. The fourth-order valence-electron chi connectivity index (χ4n) is 3.89. The van der Waals surface area contributed by atoms with Crippen molar-refractivity contribution >= 4 is 0 Å². The minimum atomic E-state index is 0.883. The highest BCUT2D eigenvalue weighted by Gasteiger charge is 2.63. The second-order valence-electron chi connectivity index (χ2n) is 5.45. The van der Waals surface area contributed by atoms with E-state index in [1.807, 2.05) is 0 Å². The first-order valence-corrected chi connectivity index (χ1v) is 5.22. The summed E-state index contributed by atoms with van der Waals surface area (Å²) in [6.45, 7) is 4.94. The fourth-order valence-corrected chi connectivity index (χ4v) is 3.89. The van der Waals surface area contributed by atoms with Crippen LogP contribution in [0, 0.1) is 29.1 Å². The maximum Gasteiger partial charge on any atom is -0.0238 e. The molecule has 4 aliphatic rings. The van der Waals surface area contributed by atoms with Crippen molar-refractivity contribution in [1.82, 2.24) is 0 Å². The van der Waals surface area contributed by atoms with E-state index in [2.05, 4.69) is 13.8 Å². The Morgan fingerprint density at radius 3 is 2.09 bits per heavy atom. The smallest absolute Gasteiger partial charge is 0.0238 e. The zero-order chi connectivity index (χ0) is 7.64. The molecule has 62 valence electrons. The van der Waals surface area contributed by atoms with E-state index >= 15 is 0 Å². The molecule has 0 heteroatoms. The molecule has 1 spiro atoms. The Morgan fingerprint density at radius 1 is 1.09 bits per heavy atom. The molecule has 0 radical (unpaired) electrons. The van der Waals surface area contributed by atoms with Crippen LogP contribution in [0.5, 0.6) is 0 Å². The van der Waals surface area contributed by atoms with E-state index in [0.717, 1.165) is 23.2 Å². The zero-order valence-corrected chi connectivity index (χ0v) is 7.64. The van der Waals surface area contributed by atoms with Crippen molar-refractivity contribution in [2.24, 2.45) is 29.1 Å². The molecule has 11 heavy (non-hydrogen) atoms. The summed E-state index contributed by atoms with van der Waals surface area (Å²) in [7, 11) is 0. The molecular formula is C11H18. The van der Waals surface area contributed by atoms with Crippen LogP contribution in [-0.4, -0.2) is 0 Å². The van der Waals surface area contributed by atoms with E-state index < -0.39 is 0 Å². The van der Waals surface area contributed by atoms with Crippen molar-refractivity contribution in [3.63, 3.8) is 0 Å². The second-order valence-corrected chi connectivity index (χ2v) is 5.45. The van der Waals surface area contributed by atoms with Gasteiger partial charge in [-0.1, -0.05) is 13.8 Å². The minimum absolute atomic E-state index is 0.883. The van der Waals surface area contributed by atoms with Crippen LogP contribution < -0.4 is 0 Å². The number of hydrogen-bond acceptors (Lipinski definition) is 0. The highest BCUT2D eigenvalue weighted by atomic mass is 14.7. The van der Waals surface area contributed by atoms with Crippen LogP contribution in [0.4, 0.5) is 0 Å². The molecule has 0 aromatic heterocycles. The van der Waals surface area contributed by atoms with Gasteiger partial charge >= 0.3 is 0 Å². The van der Waals surface area contributed by atoms with Crippen LogP contribution >= 0.6 is 0 Å². The SMILES string of the molecule is CC1CC2(CC2C)C2CC1C2. The molecule has 4 saturated carbocycles. The molecule has 0 aliphatic heterocycles. The number of hydrogen-bond donors (Lipinski definition) is 0. The monoisotopic (exact) mass is 150 g/mol. The van der Waals surface area contributed by atoms with Gasteiger partial charge in [-0.15, -0.1) is 0 Å². The van der Waals surface area contributed by atoms with Gasteiger partial charge in [0.05, 0.1) is 0 Å². The third-order valence-corrected chi connectivity index (χ3v) is 5.00. The third-order valence-electron chi connectivity index (χ3n) is 5.00. The number of rotatable bonds is 0. The maximum atomic E-state index is 2.48. The Kier molecular flexibility index (Phi) is 0.990. The van der Waals surface area contributed by atoms with Gasteiger partial charge in [0.2, 0.25) is 0 Å². The molecule has 0 heterocycles. The van der Waals surface area contributed by atoms with Crippen molar-refractivity contribution in [2.45, 2.75) is 39.5 Å². The standard InChI is InChI=1S/C11H18/c1-7-5-11(6-8(11)2)10-3-9(7)4-10/h7-10H,3-6H2,1-2H3. The molecule has 0 aromatic carbocycles. The molecule has 0 saturated heterocycles. The van der Waals surface area contributed by atoms with Crippen molar-refractivity contribution in [3.8, 4) is 0 Å². The van der Waals surface area contributed by atoms with Gasteiger partial charge in [0.1, 0.15) is 0 Å². The van der Waals surface area contributed by atoms with E-state index in [0.29, 0.717) is 0 Å². The van der Waals surface area contributed by atoms with Crippen molar-refractivity contribution in [3.05, 3.63) is 0 Å². The van der Waals surface area contributed by atoms with E-state index in [1.165, 1.54) is 5.92 Å². The van der Waals surface area contributed by atoms with Gasteiger partial charge in [-0.25, -0.2) is 0 Å². The Labute approximate surface area is 69.4 Å². The molecule has 4 fully saturated rings. The summed E-state index contributed by atoms with van der Waals surface area (Å²) in [6, 6.07) is 0. The van der Waals surface area contributed by atoms with Crippen LogP contribution in [0.1, 0.15) is 39.5 Å². The lowest BCUT2D eigenvalue weighted by molar-refractivity contribution is -0.0202. The first-order chi connectivity index (χ1) is 5.22. The summed E-state index contributed by atoms with van der Waals surface area (Å²) >= 11 is 0. The van der Waals surface area contributed by atoms with Crippen molar-refractivity contribution in [1.29, 1.82) is 0 Å². The Balaban J connectivity index is 1.86. The highest BCUT2D eigenvalue weighted by Crippen LogP contribution is 2.72. The van der Waals surface area contributed by atoms with Crippen LogP contribution in [0.2, 0.25) is 0 Å². The van der Waals surface area contributed by atoms with E-state index in [1.54, 1.807) is 25.7 Å². The van der Waals surface area contributed by atoms with Crippen molar-refractivity contribution < 1.29 is 0 Å². The van der Waals surface area contributed by atoms with Gasteiger partial charge in [-0.05, 0) is 54.8 Å². The summed E-state index contributed by atoms with van der Waals surface area (Å²) in [5.41, 5.74) is 0.883. The normalized spacial score (nSPS) is 66.0. The lowest BCUT2D eigenvalue weighted by Crippen LogP contribution is -2.43. The van der Waals surface area contributed by atoms with E-state index in [4.69, 9.17) is 0 Å². The predicted octanol–water partition coefficient (Wildman–Crippen LogP) is 3.08. The third kappa shape index (κ3) is 0.625. The van der Waals surface area contributed by atoms with Crippen LogP contribution in [0.25, 0.3) is 0 Å². The fraction of sp³-hybridized carbons (Fsp3) is 1.00. The minimum Gasteiger partial charge on any atom is -0.0622 e. The lowest BCUT2D eigenvalue weighted by Gasteiger charge is -2.52. The molecule has 4 aliphatic carbocycles. The van der Waals surface area contributed by atoms with Gasteiger partial charge in [-0.2, -0.15) is 0 Å². The largest absolute Gasteiger partial charge is 0.0622 e. The van der Waals surface area contributed by atoms with Crippen LogP contribution in [0.3, 0.4) is 0 Å². The van der Waals surface area contributed by atoms with Gasteiger partial charge in [0, 0.05) is 0 Å². The summed E-state index contributed by atoms with van der Waals surface area (Å²) < 4.78 is 0. The number of fused-ring (bicyclic) bond motifs is 1. The first kappa shape index (κ1) is 6.51. The van der Waals surface area contributed by atoms with Gasteiger partial charge in [0.25, 0.3) is 0 Å².